The molecule has 3 nitrogen and oxygen atoms in total. The lowest BCUT2D eigenvalue weighted by Crippen LogP contribution is -2.26. The summed E-state index contributed by atoms with van der Waals surface area (Å²) in [6, 6.07) is 13.1. The third-order valence-corrected chi connectivity index (χ3v) is 5.27. The van der Waals surface area contributed by atoms with Crippen LogP contribution in [0.4, 0.5) is 0 Å². The van der Waals surface area contributed by atoms with Gasteiger partial charge in [-0.25, -0.2) is 4.68 Å². The lowest BCUT2D eigenvalue weighted by atomic mass is 10.0. The van der Waals surface area contributed by atoms with Crippen molar-refractivity contribution in [1.29, 1.82) is 0 Å². The maximum absolute atomic E-state index is 4.57. The molecule has 3 unspecified atom stereocenters. The Morgan fingerprint density at radius 3 is 2.67 bits per heavy atom. The van der Waals surface area contributed by atoms with E-state index in [2.05, 4.69) is 58.4 Å². The first-order valence-electron chi connectivity index (χ1n) is 8.23. The molecule has 110 valence electrons. The van der Waals surface area contributed by atoms with Crippen LogP contribution in [-0.4, -0.2) is 16.3 Å². The fourth-order valence-corrected chi connectivity index (χ4v) is 4.36. The Morgan fingerprint density at radius 1 is 1.19 bits per heavy atom. The molecule has 0 spiro atoms. The molecular weight excluding hydrogens is 258 g/mol. The van der Waals surface area contributed by atoms with E-state index in [1.165, 1.54) is 25.0 Å². The van der Waals surface area contributed by atoms with Crippen LogP contribution in [0.25, 0.3) is 5.69 Å². The first-order valence-corrected chi connectivity index (χ1v) is 8.23. The van der Waals surface area contributed by atoms with Crippen molar-refractivity contribution >= 4 is 0 Å². The minimum Gasteiger partial charge on any atom is -0.309 e. The van der Waals surface area contributed by atoms with Gasteiger partial charge in [0.15, 0.2) is 0 Å². The number of hydrogen-bond donors (Lipinski definition) is 1. The van der Waals surface area contributed by atoms with Crippen molar-refractivity contribution in [2.24, 2.45) is 17.8 Å². The van der Waals surface area contributed by atoms with Crippen LogP contribution in [0.1, 0.15) is 37.9 Å². The molecular formula is C18H23N3. The summed E-state index contributed by atoms with van der Waals surface area (Å²) in [6.45, 7) is 3.22. The summed E-state index contributed by atoms with van der Waals surface area (Å²) in [5, 5.41) is 8.30. The van der Waals surface area contributed by atoms with Gasteiger partial charge in [-0.2, -0.15) is 5.10 Å². The lowest BCUT2D eigenvalue weighted by Gasteiger charge is -2.21. The molecule has 0 amide bonds. The molecule has 2 aromatic rings. The predicted molar refractivity (Wildman–Crippen MR) is 84.3 cm³/mol. The second-order valence-electron chi connectivity index (χ2n) is 6.37. The van der Waals surface area contributed by atoms with Crippen LogP contribution in [0, 0.1) is 17.8 Å². The topological polar surface area (TPSA) is 29.9 Å². The molecule has 2 aliphatic rings. The van der Waals surface area contributed by atoms with Gasteiger partial charge in [-0.1, -0.05) is 31.5 Å². The Hall–Kier alpha value is -1.61. The average Bonchev–Trinajstić information content (AvgIpc) is 2.91. The second kappa shape index (κ2) is 5.30. The summed E-state index contributed by atoms with van der Waals surface area (Å²) in [7, 11) is 0. The van der Waals surface area contributed by atoms with Crippen LogP contribution in [-0.2, 0) is 0 Å². The molecule has 1 aromatic carbocycles. The Kier molecular flexibility index (Phi) is 3.30. The zero-order valence-corrected chi connectivity index (χ0v) is 12.6. The van der Waals surface area contributed by atoms with Crippen LogP contribution < -0.4 is 5.32 Å². The molecule has 1 N–H and O–H groups in total. The first-order chi connectivity index (χ1) is 10.4. The van der Waals surface area contributed by atoms with E-state index >= 15 is 0 Å². The molecule has 0 bridgehead atoms. The number of fused-ring (bicyclic) bond motifs is 1. The highest BCUT2D eigenvalue weighted by Gasteiger charge is 2.56. The molecule has 21 heavy (non-hydrogen) atoms. The molecule has 0 saturated heterocycles. The smallest absolute Gasteiger partial charge is 0.0649 e. The molecule has 0 aliphatic heterocycles. The van der Waals surface area contributed by atoms with Gasteiger partial charge < -0.3 is 5.32 Å². The molecule has 1 heterocycles. The number of benzene rings is 1. The van der Waals surface area contributed by atoms with Crippen molar-refractivity contribution in [3.63, 3.8) is 0 Å². The van der Waals surface area contributed by atoms with E-state index in [9.17, 15) is 0 Å². The minimum absolute atomic E-state index is 0.452. The molecule has 2 fully saturated rings. The normalized spacial score (nSPS) is 28.3. The number of aromatic nitrogens is 2. The zero-order valence-electron chi connectivity index (χ0n) is 12.6. The Balaban J connectivity index is 1.66. The number of nitrogens with zero attached hydrogens (tertiary/aromatic N) is 2. The van der Waals surface area contributed by atoms with Gasteiger partial charge in [-0.15, -0.1) is 0 Å². The van der Waals surface area contributed by atoms with Gasteiger partial charge in [0.1, 0.15) is 0 Å². The van der Waals surface area contributed by atoms with E-state index in [1.807, 2.05) is 6.20 Å². The molecule has 1 aromatic heterocycles. The highest BCUT2D eigenvalue weighted by molar-refractivity contribution is 5.34. The number of para-hydroxylation sites is 1. The van der Waals surface area contributed by atoms with Crippen molar-refractivity contribution in [3.8, 4) is 5.69 Å². The zero-order chi connectivity index (χ0) is 14.2. The van der Waals surface area contributed by atoms with E-state index in [0.29, 0.717) is 6.04 Å². The highest BCUT2D eigenvalue weighted by atomic mass is 15.3. The lowest BCUT2D eigenvalue weighted by molar-refractivity contribution is 0.410. The Bertz CT molecular complexity index is 594. The Morgan fingerprint density at radius 2 is 1.95 bits per heavy atom. The average molecular weight is 281 g/mol. The van der Waals surface area contributed by atoms with Gasteiger partial charge in [0.05, 0.1) is 17.4 Å². The minimum atomic E-state index is 0.452. The monoisotopic (exact) mass is 281 g/mol. The van der Waals surface area contributed by atoms with Crippen molar-refractivity contribution in [3.05, 3.63) is 48.3 Å². The first kappa shape index (κ1) is 13.1. The van der Waals surface area contributed by atoms with E-state index in [4.69, 9.17) is 0 Å². The van der Waals surface area contributed by atoms with Gasteiger partial charge in [0.25, 0.3) is 0 Å². The van der Waals surface area contributed by atoms with Gasteiger partial charge in [-0.3, -0.25) is 0 Å². The van der Waals surface area contributed by atoms with E-state index in [0.717, 1.165) is 30.0 Å². The summed E-state index contributed by atoms with van der Waals surface area (Å²) >= 11 is 0. The highest BCUT2D eigenvalue weighted by Crippen LogP contribution is 2.62. The largest absolute Gasteiger partial charge is 0.309 e. The molecule has 2 saturated carbocycles. The van der Waals surface area contributed by atoms with E-state index < -0.39 is 0 Å². The molecule has 4 rings (SSSR count). The third-order valence-electron chi connectivity index (χ3n) is 5.27. The van der Waals surface area contributed by atoms with Gasteiger partial charge in [0, 0.05) is 6.20 Å². The third kappa shape index (κ3) is 2.20. The standard InChI is InChI=1S/C18H23N3/c1-2-19-18(17-14-9-6-10-15(14)17)16-11-12-20-21(16)13-7-4-3-5-8-13/h3-5,7-8,11-12,14-15,17-19H,2,6,9-10H2,1H3. The maximum atomic E-state index is 4.57. The van der Waals surface area contributed by atoms with E-state index in [-0.39, 0.29) is 0 Å². The van der Waals surface area contributed by atoms with Gasteiger partial charge in [0.2, 0.25) is 0 Å². The van der Waals surface area contributed by atoms with Crippen LogP contribution in [0.3, 0.4) is 0 Å². The predicted octanol–water partition coefficient (Wildman–Crippen LogP) is 3.57. The maximum Gasteiger partial charge on any atom is 0.0649 e. The summed E-state index contributed by atoms with van der Waals surface area (Å²) in [5.74, 6) is 2.72. The van der Waals surface area contributed by atoms with Crippen molar-refractivity contribution < 1.29 is 0 Å². The fraction of sp³-hybridized carbons (Fsp3) is 0.500. The van der Waals surface area contributed by atoms with E-state index in [1.54, 1.807) is 0 Å². The molecule has 3 heteroatoms. The van der Waals surface area contributed by atoms with Crippen molar-refractivity contribution in [2.75, 3.05) is 6.54 Å². The second-order valence-corrected chi connectivity index (χ2v) is 6.37. The summed E-state index contributed by atoms with van der Waals surface area (Å²) in [5.41, 5.74) is 2.48. The molecule has 3 atom stereocenters. The van der Waals surface area contributed by atoms with Gasteiger partial charge in [-0.05, 0) is 55.3 Å². The SMILES string of the molecule is CCNC(c1ccnn1-c1ccccc1)C1C2CCCC21. The van der Waals surface area contributed by atoms with Crippen molar-refractivity contribution in [1.82, 2.24) is 15.1 Å². The van der Waals surface area contributed by atoms with Crippen LogP contribution >= 0.6 is 0 Å². The molecule has 2 aliphatic carbocycles. The number of hydrogen-bond acceptors (Lipinski definition) is 2. The molecule has 0 radical (unpaired) electrons. The summed E-state index contributed by atoms with van der Waals surface area (Å²) in [6.07, 6.45) is 6.22. The van der Waals surface area contributed by atoms with Crippen LogP contribution in [0.15, 0.2) is 42.6 Å². The number of nitrogens with one attached hydrogen (secondary N) is 1. The Labute approximate surface area is 126 Å². The van der Waals surface area contributed by atoms with Crippen molar-refractivity contribution in [2.45, 2.75) is 32.2 Å². The number of rotatable bonds is 5. The van der Waals surface area contributed by atoms with Crippen LogP contribution in [0.2, 0.25) is 0 Å². The quantitative estimate of drug-likeness (QED) is 0.908. The fourth-order valence-electron chi connectivity index (χ4n) is 4.36. The van der Waals surface area contributed by atoms with Crippen LogP contribution in [0.5, 0.6) is 0 Å². The summed E-state index contributed by atoms with van der Waals surface area (Å²) in [4.78, 5) is 0. The summed E-state index contributed by atoms with van der Waals surface area (Å²) < 4.78 is 2.11. The van der Waals surface area contributed by atoms with Gasteiger partial charge >= 0.3 is 0 Å².